The SMILES string of the molecule is CSCC[C@@H](NC(=O)COc1cccc(C)c1)C(=O)[O-]. The summed E-state index contributed by atoms with van der Waals surface area (Å²) in [5.74, 6) is -0.531. The van der Waals surface area contributed by atoms with E-state index in [-0.39, 0.29) is 6.61 Å². The van der Waals surface area contributed by atoms with E-state index in [1.54, 1.807) is 12.1 Å². The third kappa shape index (κ3) is 5.97. The summed E-state index contributed by atoms with van der Waals surface area (Å²) in [5, 5.41) is 13.3. The van der Waals surface area contributed by atoms with Gasteiger partial charge >= 0.3 is 0 Å². The smallest absolute Gasteiger partial charge is 0.258 e. The van der Waals surface area contributed by atoms with Crippen molar-refractivity contribution in [2.75, 3.05) is 18.6 Å². The Morgan fingerprint density at radius 2 is 2.20 bits per heavy atom. The van der Waals surface area contributed by atoms with E-state index in [2.05, 4.69) is 5.32 Å². The number of rotatable bonds is 8. The molecule has 0 aliphatic carbocycles. The molecule has 1 aromatic carbocycles. The van der Waals surface area contributed by atoms with E-state index in [1.807, 2.05) is 25.3 Å². The first-order chi connectivity index (χ1) is 9.52. The lowest BCUT2D eigenvalue weighted by atomic mass is 10.2. The molecule has 0 unspecified atom stereocenters. The molecule has 0 saturated carbocycles. The molecule has 1 rings (SSSR count). The zero-order valence-electron chi connectivity index (χ0n) is 11.5. The highest BCUT2D eigenvalue weighted by atomic mass is 32.2. The molecule has 1 amide bonds. The molecular weight excluding hydrogens is 278 g/mol. The average molecular weight is 296 g/mol. The quantitative estimate of drug-likeness (QED) is 0.749. The highest BCUT2D eigenvalue weighted by molar-refractivity contribution is 7.98. The standard InChI is InChI=1S/C14H19NO4S/c1-10-4-3-5-11(8-10)19-9-13(16)15-12(14(17)18)6-7-20-2/h3-5,8,12H,6-7,9H2,1-2H3,(H,15,16)(H,17,18)/p-1/t12-/m1/s1. The van der Waals surface area contributed by atoms with Crippen LogP contribution in [0.5, 0.6) is 5.75 Å². The fourth-order valence-corrected chi connectivity index (χ4v) is 2.05. The van der Waals surface area contributed by atoms with Crippen LogP contribution in [0.4, 0.5) is 0 Å². The van der Waals surface area contributed by atoms with Gasteiger partial charge in [-0.2, -0.15) is 11.8 Å². The minimum absolute atomic E-state index is 0.216. The Hall–Kier alpha value is -1.69. The van der Waals surface area contributed by atoms with Crippen LogP contribution in [-0.2, 0) is 9.59 Å². The molecule has 0 spiro atoms. The molecule has 6 heteroatoms. The van der Waals surface area contributed by atoms with Crippen LogP contribution in [0, 0.1) is 6.92 Å². The van der Waals surface area contributed by atoms with Crippen molar-refractivity contribution in [1.29, 1.82) is 0 Å². The first kappa shape index (κ1) is 16.4. The van der Waals surface area contributed by atoms with E-state index < -0.39 is 17.9 Å². The van der Waals surface area contributed by atoms with Crippen molar-refractivity contribution in [1.82, 2.24) is 5.32 Å². The number of hydrogen-bond acceptors (Lipinski definition) is 5. The first-order valence-corrected chi connectivity index (χ1v) is 7.61. The number of carboxylic acids is 1. The number of ether oxygens (including phenoxy) is 1. The van der Waals surface area contributed by atoms with Gasteiger partial charge in [-0.1, -0.05) is 12.1 Å². The highest BCUT2D eigenvalue weighted by Crippen LogP contribution is 2.12. The molecule has 1 aromatic rings. The van der Waals surface area contributed by atoms with Crippen molar-refractivity contribution in [3.63, 3.8) is 0 Å². The Bertz CT molecular complexity index is 464. The predicted octanol–water partition coefficient (Wildman–Crippen LogP) is 0.362. The van der Waals surface area contributed by atoms with Gasteiger partial charge in [-0.15, -0.1) is 0 Å². The zero-order chi connectivity index (χ0) is 15.0. The second kappa shape index (κ2) is 8.47. The third-order valence-corrected chi connectivity index (χ3v) is 3.23. The van der Waals surface area contributed by atoms with E-state index in [9.17, 15) is 14.7 Å². The molecule has 0 aromatic heterocycles. The Kier molecular flexibility index (Phi) is 6.93. The van der Waals surface area contributed by atoms with Crippen LogP contribution in [0.1, 0.15) is 12.0 Å². The van der Waals surface area contributed by atoms with E-state index in [0.717, 1.165) is 5.56 Å². The number of nitrogens with one attached hydrogen (secondary N) is 1. The molecule has 5 nitrogen and oxygen atoms in total. The molecule has 0 aliphatic rings. The summed E-state index contributed by atoms with van der Waals surface area (Å²) >= 11 is 1.51. The van der Waals surface area contributed by atoms with Crippen LogP contribution in [0.25, 0.3) is 0 Å². The van der Waals surface area contributed by atoms with Gasteiger partial charge in [-0.05, 0) is 43.0 Å². The number of benzene rings is 1. The van der Waals surface area contributed by atoms with E-state index >= 15 is 0 Å². The number of amides is 1. The fraction of sp³-hybridized carbons (Fsp3) is 0.429. The first-order valence-electron chi connectivity index (χ1n) is 6.21. The summed E-state index contributed by atoms with van der Waals surface area (Å²) < 4.78 is 5.30. The van der Waals surface area contributed by atoms with Crippen molar-refractivity contribution in [3.05, 3.63) is 29.8 Å². The number of aliphatic carboxylic acids is 1. The largest absolute Gasteiger partial charge is 0.548 e. The van der Waals surface area contributed by atoms with Crippen LogP contribution in [0.15, 0.2) is 24.3 Å². The minimum Gasteiger partial charge on any atom is -0.548 e. The maximum Gasteiger partial charge on any atom is 0.258 e. The van der Waals surface area contributed by atoms with Crippen LogP contribution in [0.3, 0.4) is 0 Å². The monoisotopic (exact) mass is 296 g/mol. The summed E-state index contributed by atoms with van der Waals surface area (Å²) in [5.41, 5.74) is 1.02. The van der Waals surface area contributed by atoms with Gasteiger partial charge in [0.25, 0.3) is 5.91 Å². The Labute approximate surface area is 122 Å². The molecule has 20 heavy (non-hydrogen) atoms. The summed E-state index contributed by atoms with van der Waals surface area (Å²) in [4.78, 5) is 22.5. The van der Waals surface area contributed by atoms with Gasteiger partial charge in [0.15, 0.2) is 6.61 Å². The predicted molar refractivity (Wildman–Crippen MR) is 76.6 cm³/mol. The number of thioether (sulfide) groups is 1. The van der Waals surface area contributed by atoms with Gasteiger partial charge in [0.2, 0.25) is 0 Å². The highest BCUT2D eigenvalue weighted by Gasteiger charge is 2.13. The minimum atomic E-state index is -1.28. The molecule has 110 valence electrons. The number of carbonyl (C=O) groups is 2. The second-order valence-corrected chi connectivity index (χ2v) is 5.31. The van der Waals surface area contributed by atoms with Gasteiger partial charge in [0.1, 0.15) is 5.75 Å². The molecule has 0 heterocycles. The summed E-state index contributed by atoms with van der Waals surface area (Å²) in [7, 11) is 0. The summed E-state index contributed by atoms with van der Waals surface area (Å²) in [6.45, 7) is 1.70. The van der Waals surface area contributed by atoms with E-state index in [4.69, 9.17) is 4.74 Å². The molecule has 0 radical (unpaired) electrons. The van der Waals surface area contributed by atoms with Crippen LogP contribution in [0.2, 0.25) is 0 Å². The lowest BCUT2D eigenvalue weighted by Crippen LogP contribution is -2.49. The molecule has 1 N–H and O–H groups in total. The third-order valence-electron chi connectivity index (χ3n) is 2.59. The molecule has 1 atom stereocenters. The number of carbonyl (C=O) groups excluding carboxylic acids is 2. The normalized spacial score (nSPS) is 11.7. The number of carboxylic acid groups (broad SMARTS) is 1. The van der Waals surface area contributed by atoms with Crippen molar-refractivity contribution >= 4 is 23.6 Å². The molecular formula is C14H18NO4S-. The maximum absolute atomic E-state index is 11.6. The lowest BCUT2D eigenvalue weighted by Gasteiger charge is -2.19. The lowest BCUT2D eigenvalue weighted by molar-refractivity contribution is -0.308. The number of aryl methyl sites for hydroxylation is 1. The van der Waals surface area contributed by atoms with Crippen molar-refractivity contribution in [2.24, 2.45) is 0 Å². The van der Waals surface area contributed by atoms with Gasteiger partial charge in [0, 0.05) is 0 Å². The van der Waals surface area contributed by atoms with E-state index in [1.165, 1.54) is 11.8 Å². The summed E-state index contributed by atoms with van der Waals surface area (Å²) in [6.07, 6.45) is 2.20. The second-order valence-electron chi connectivity index (χ2n) is 4.33. The molecule has 0 fully saturated rings. The van der Waals surface area contributed by atoms with Crippen molar-refractivity contribution in [3.8, 4) is 5.75 Å². The van der Waals surface area contributed by atoms with Gasteiger partial charge in [-0.3, -0.25) is 4.79 Å². The Balaban J connectivity index is 2.43. The van der Waals surface area contributed by atoms with Gasteiger partial charge in [-0.25, -0.2) is 0 Å². The van der Waals surface area contributed by atoms with Crippen LogP contribution in [-0.4, -0.2) is 36.5 Å². The zero-order valence-corrected chi connectivity index (χ0v) is 12.4. The van der Waals surface area contributed by atoms with E-state index in [0.29, 0.717) is 17.9 Å². The summed E-state index contributed by atoms with van der Waals surface area (Å²) in [6, 6.07) is 6.31. The Morgan fingerprint density at radius 3 is 2.80 bits per heavy atom. The molecule has 0 saturated heterocycles. The van der Waals surface area contributed by atoms with Crippen LogP contribution < -0.4 is 15.2 Å². The van der Waals surface area contributed by atoms with Crippen molar-refractivity contribution < 1.29 is 19.4 Å². The van der Waals surface area contributed by atoms with Crippen molar-refractivity contribution in [2.45, 2.75) is 19.4 Å². The molecule has 0 aliphatic heterocycles. The maximum atomic E-state index is 11.6. The topological polar surface area (TPSA) is 78.5 Å². The Morgan fingerprint density at radius 1 is 1.45 bits per heavy atom. The fourth-order valence-electron chi connectivity index (χ4n) is 1.57. The average Bonchev–Trinajstić information content (AvgIpc) is 2.41. The van der Waals surface area contributed by atoms with Gasteiger partial charge in [0.05, 0.1) is 12.0 Å². The molecule has 0 bridgehead atoms. The van der Waals surface area contributed by atoms with Gasteiger partial charge < -0.3 is 20.0 Å². The number of hydrogen-bond donors (Lipinski definition) is 1. The van der Waals surface area contributed by atoms with Crippen LogP contribution >= 0.6 is 11.8 Å².